The average Bonchev–Trinajstić information content (AvgIpc) is 3.05. The van der Waals surface area contributed by atoms with Gasteiger partial charge in [-0.2, -0.15) is 4.98 Å². The zero-order valence-electron chi connectivity index (χ0n) is 11.5. The van der Waals surface area contributed by atoms with Gasteiger partial charge in [-0.25, -0.2) is 0 Å². The van der Waals surface area contributed by atoms with Gasteiger partial charge in [0.05, 0.1) is 6.54 Å². The van der Waals surface area contributed by atoms with Gasteiger partial charge in [-0.15, -0.1) is 24.0 Å². The van der Waals surface area contributed by atoms with Crippen molar-refractivity contribution >= 4 is 29.9 Å². The third-order valence-electron chi connectivity index (χ3n) is 2.53. The van der Waals surface area contributed by atoms with Crippen LogP contribution in [0.2, 0.25) is 0 Å². The first-order valence-corrected chi connectivity index (χ1v) is 6.12. The van der Waals surface area contributed by atoms with E-state index in [1.165, 1.54) is 0 Å². The van der Waals surface area contributed by atoms with Crippen molar-refractivity contribution in [3.05, 3.63) is 36.2 Å². The van der Waals surface area contributed by atoms with E-state index >= 15 is 0 Å². The summed E-state index contributed by atoms with van der Waals surface area (Å²) in [5.41, 5.74) is 0. The summed E-state index contributed by atoms with van der Waals surface area (Å²) < 4.78 is 7.11. The lowest BCUT2D eigenvalue weighted by Crippen LogP contribution is -2.38. The summed E-state index contributed by atoms with van der Waals surface area (Å²) in [6.45, 7) is 3.92. The minimum atomic E-state index is 0. The van der Waals surface area contributed by atoms with Crippen LogP contribution in [0.15, 0.2) is 34.0 Å². The Kier molecular flexibility index (Phi) is 7.05. The summed E-state index contributed by atoms with van der Waals surface area (Å²) in [7, 11) is 1.73. The molecule has 2 aromatic rings. The molecule has 0 atom stereocenters. The number of aliphatic imine (C=N–C) groups is 1. The molecule has 0 aliphatic carbocycles. The molecule has 20 heavy (non-hydrogen) atoms. The molecule has 2 aromatic heterocycles. The molecule has 7 nitrogen and oxygen atoms in total. The van der Waals surface area contributed by atoms with Gasteiger partial charge in [0.25, 0.3) is 0 Å². The summed E-state index contributed by atoms with van der Waals surface area (Å²) in [6.07, 6.45) is 4.05. The maximum atomic E-state index is 5.01. The van der Waals surface area contributed by atoms with Crippen molar-refractivity contribution in [3.63, 3.8) is 0 Å². The molecule has 0 saturated carbocycles. The maximum Gasteiger partial charge on any atom is 0.246 e. The molecule has 2 heterocycles. The average molecular weight is 390 g/mol. The Hall–Kier alpha value is -1.58. The number of aryl methyl sites for hydroxylation is 1. The van der Waals surface area contributed by atoms with E-state index in [4.69, 9.17) is 4.52 Å². The van der Waals surface area contributed by atoms with Gasteiger partial charge in [-0.3, -0.25) is 4.99 Å². The van der Waals surface area contributed by atoms with Crippen molar-refractivity contribution in [3.8, 4) is 0 Å². The van der Waals surface area contributed by atoms with E-state index < -0.39 is 0 Å². The molecule has 110 valence electrons. The number of nitrogens with one attached hydrogen (secondary N) is 2. The number of guanidine groups is 1. The fourth-order valence-electron chi connectivity index (χ4n) is 1.61. The molecule has 0 bridgehead atoms. The molecule has 0 amide bonds. The molecule has 0 aromatic carbocycles. The number of hydrogen-bond donors (Lipinski definition) is 2. The molecule has 2 rings (SSSR count). The summed E-state index contributed by atoms with van der Waals surface area (Å²) in [5.74, 6) is 1.89. The monoisotopic (exact) mass is 390 g/mol. The molecule has 8 heteroatoms. The number of nitrogens with zero attached hydrogens (tertiary/aromatic N) is 4. The molecule has 2 N–H and O–H groups in total. The van der Waals surface area contributed by atoms with Gasteiger partial charge in [0.15, 0.2) is 11.8 Å². The highest BCUT2D eigenvalue weighted by Gasteiger charge is 2.03. The fourth-order valence-corrected chi connectivity index (χ4v) is 1.61. The van der Waals surface area contributed by atoms with Crippen LogP contribution in [0.25, 0.3) is 0 Å². The number of rotatable bonds is 5. The van der Waals surface area contributed by atoms with Crippen LogP contribution < -0.4 is 10.6 Å². The van der Waals surface area contributed by atoms with E-state index in [2.05, 4.69) is 30.3 Å². The molecule has 0 aliphatic heterocycles. The van der Waals surface area contributed by atoms with E-state index in [1.54, 1.807) is 14.0 Å². The van der Waals surface area contributed by atoms with Gasteiger partial charge < -0.3 is 19.7 Å². The molecule has 0 unspecified atom stereocenters. The standard InChI is InChI=1S/C12H18N6O.HI/c1-10-16-11(19-17-10)9-15-12(13-2)14-5-8-18-6-3-4-7-18;/h3-4,6-7H,5,8-9H2,1-2H3,(H2,13,14,15);1H. The van der Waals surface area contributed by atoms with Crippen LogP contribution >= 0.6 is 24.0 Å². The number of hydrogen-bond acceptors (Lipinski definition) is 4. The van der Waals surface area contributed by atoms with Gasteiger partial charge in [0, 0.05) is 32.5 Å². The summed E-state index contributed by atoms with van der Waals surface area (Å²) in [4.78, 5) is 8.23. The van der Waals surface area contributed by atoms with E-state index in [9.17, 15) is 0 Å². The first-order chi connectivity index (χ1) is 9.28. The lowest BCUT2D eigenvalue weighted by molar-refractivity contribution is 0.371. The predicted molar refractivity (Wildman–Crippen MR) is 87.1 cm³/mol. The van der Waals surface area contributed by atoms with Crippen molar-refractivity contribution in [1.29, 1.82) is 0 Å². The van der Waals surface area contributed by atoms with Gasteiger partial charge in [-0.1, -0.05) is 5.16 Å². The highest BCUT2D eigenvalue weighted by molar-refractivity contribution is 14.0. The number of aromatic nitrogens is 3. The van der Waals surface area contributed by atoms with Crippen LogP contribution in [0.3, 0.4) is 0 Å². The Bertz CT molecular complexity index is 522. The lowest BCUT2D eigenvalue weighted by atomic mass is 10.5. The Labute approximate surface area is 134 Å². The molecule has 0 radical (unpaired) electrons. The quantitative estimate of drug-likeness (QED) is 0.455. The largest absolute Gasteiger partial charge is 0.355 e. The van der Waals surface area contributed by atoms with E-state index in [-0.39, 0.29) is 24.0 Å². The first kappa shape index (κ1) is 16.5. The van der Waals surface area contributed by atoms with Crippen molar-refractivity contribution < 1.29 is 4.52 Å². The zero-order valence-corrected chi connectivity index (χ0v) is 13.9. The summed E-state index contributed by atoms with van der Waals surface area (Å²) in [6, 6.07) is 4.01. The zero-order chi connectivity index (χ0) is 13.5. The lowest BCUT2D eigenvalue weighted by Gasteiger charge is -2.10. The van der Waals surface area contributed by atoms with Crippen molar-refractivity contribution in [1.82, 2.24) is 25.3 Å². The highest BCUT2D eigenvalue weighted by atomic mass is 127. The minimum Gasteiger partial charge on any atom is -0.355 e. The summed E-state index contributed by atoms with van der Waals surface area (Å²) in [5, 5.41) is 10.1. The van der Waals surface area contributed by atoms with Gasteiger partial charge in [-0.05, 0) is 19.1 Å². The Morgan fingerprint density at radius 2 is 2.10 bits per heavy atom. The van der Waals surface area contributed by atoms with Crippen LogP contribution in [0.1, 0.15) is 11.7 Å². The van der Waals surface area contributed by atoms with E-state index in [1.807, 2.05) is 24.5 Å². The van der Waals surface area contributed by atoms with Crippen LogP contribution in [0, 0.1) is 6.92 Å². The molecule has 0 spiro atoms. The predicted octanol–water partition coefficient (Wildman–Crippen LogP) is 1.16. The van der Waals surface area contributed by atoms with Crippen molar-refractivity contribution in [2.45, 2.75) is 20.0 Å². The van der Waals surface area contributed by atoms with Crippen molar-refractivity contribution in [2.75, 3.05) is 13.6 Å². The third-order valence-corrected chi connectivity index (χ3v) is 2.53. The molecular weight excluding hydrogens is 371 g/mol. The minimum absolute atomic E-state index is 0. The SMILES string of the molecule is CN=C(NCCn1cccc1)NCc1nc(C)no1.I. The molecule has 0 fully saturated rings. The van der Waals surface area contributed by atoms with Crippen LogP contribution in [-0.4, -0.2) is 34.3 Å². The Morgan fingerprint density at radius 3 is 2.70 bits per heavy atom. The Balaban J connectivity index is 0.00000200. The molecular formula is C12H19IN6O. The van der Waals surface area contributed by atoms with E-state index in [0.717, 1.165) is 13.1 Å². The first-order valence-electron chi connectivity index (χ1n) is 6.12. The topological polar surface area (TPSA) is 80.3 Å². The Morgan fingerprint density at radius 1 is 1.35 bits per heavy atom. The summed E-state index contributed by atoms with van der Waals surface area (Å²) >= 11 is 0. The molecule has 0 aliphatic rings. The normalized spacial score (nSPS) is 11.0. The van der Waals surface area contributed by atoms with Gasteiger partial charge in [0.2, 0.25) is 5.89 Å². The van der Waals surface area contributed by atoms with Crippen LogP contribution in [0.5, 0.6) is 0 Å². The molecule has 0 saturated heterocycles. The van der Waals surface area contributed by atoms with Gasteiger partial charge >= 0.3 is 0 Å². The van der Waals surface area contributed by atoms with Crippen LogP contribution in [-0.2, 0) is 13.1 Å². The van der Waals surface area contributed by atoms with Crippen molar-refractivity contribution in [2.24, 2.45) is 4.99 Å². The van der Waals surface area contributed by atoms with Crippen LogP contribution in [0.4, 0.5) is 0 Å². The highest BCUT2D eigenvalue weighted by Crippen LogP contribution is 1.94. The van der Waals surface area contributed by atoms with E-state index in [0.29, 0.717) is 24.2 Å². The second-order valence-corrected chi connectivity index (χ2v) is 4.01. The third kappa shape index (κ3) is 5.19. The maximum absolute atomic E-state index is 5.01. The smallest absolute Gasteiger partial charge is 0.246 e. The second-order valence-electron chi connectivity index (χ2n) is 4.01. The fraction of sp³-hybridized carbons (Fsp3) is 0.417. The van der Waals surface area contributed by atoms with Gasteiger partial charge in [0.1, 0.15) is 0 Å². The number of halogens is 1. The second kappa shape index (κ2) is 8.56.